The van der Waals surface area contributed by atoms with Crippen molar-refractivity contribution in [3.05, 3.63) is 89.0 Å². The molecule has 1 heterocycles. The van der Waals surface area contributed by atoms with Gasteiger partial charge in [-0.1, -0.05) is 30.3 Å². The van der Waals surface area contributed by atoms with Gasteiger partial charge in [0.25, 0.3) is 5.91 Å². The highest BCUT2D eigenvalue weighted by Crippen LogP contribution is 2.30. The Hall–Kier alpha value is -6.21. The van der Waals surface area contributed by atoms with Gasteiger partial charge in [0.2, 0.25) is 11.8 Å². The summed E-state index contributed by atoms with van der Waals surface area (Å²) in [5, 5.41) is 23.0. The Balaban J connectivity index is 0.00000126. The maximum Gasteiger partial charge on any atom is 0.490 e. The Labute approximate surface area is 383 Å². The number of rotatable bonds is 14. The first-order valence-electron chi connectivity index (χ1n) is 22.0. The van der Waals surface area contributed by atoms with Crippen LogP contribution >= 0.6 is 0 Å². The van der Waals surface area contributed by atoms with E-state index in [2.05, 4.69) is 50.7 Å². The van der Waals surface area contributed by atoms with Gasteiger partial charge < -0.3 is 41.7 Å². The van der Waals surface area contributed by atoms with Gasteiger partial charge in [0.15, 0.2) is 5.84 Å². The zero-order valence-corrected chi connectivity index (χ0v) is 38.4. The number of hydrogen-bond acceptors (Lipinski definition) is 10. The average Bonchev–Trinajstić information content (AvgIpc) is 3.25. The highest BCUT2D eigenvalue weighted by Gasteiger charge is 2.38. The van der Waals surface area contributed by atoms with Crippen LogP contribution in [0.4, 0.5) is 23.7 Å². The van der Waals surface area contributed by atoms with E-state index in [1.165, 1.54) is 0 Å². The first-order chi connectivity index (χ1) is 31.0. The minimum Gasteiger partial charge on any atom is -0.475 e. The quantitative estimate of drug-likeness (QED) is 0.0405. The van der Waals surface area contributed by atoms with E-state index >= 15 is 0 Å². The summed E-state index contributed by atoms with van der Waals surface area (Å²) in [6.07, 6.45) is -0.530. The third kappa shape index (κ3) is 16.7. The van der Waals surface area contributed by atoms with Crippen LogP contribution in [0, 0.1) is 18.8 Å². The first kappa shape index (κ1) is 52.4. The number of aryl methyl sites for hydroxylation is 1. The topological polar surface area (TPSA) is 243 Å². The fourth-order valence-corrected chi connectivity index (χ4v) is 7.77. The third-order valence-electron chi connectivity index (χ3n) is 11.4. The van der Waals surface area contributed by atoms with E-state index in [1.54, 1.807) is 24.3 Å². The molecule has 10 N–H and O–H groups in total. The van der Waals surface area contributed by atoms with Crippen molar-refractivity contribution in [2.75, 3.05) is 25.0 Å². The van der Waals surface area contributed by atoms with Gasteiger partial charge >= 0.3 is 18.2 Å². The van der Waals surface area contributed by atoms with Gasteiger partial charge in [0.05, 0.1) is 0 Å². The Morgan fingerprint density at radius 3 is 2.00 bits per heavy atom. The largest absolute Gasteiger partial charge is 0.490 e. The number of nitrogens with one attached hydrogen (secondary N) is 5. The van der Waals surface area contributed by atoms with Crippen LogP contribution in [0.1, 0.15) is 100 Å². The van der Waals surface area contributed by atoms with E-state index in [0.29, 0.717) is 42.2 Å². The second-order valence-corrected chi connectivity index (χ2v) is 18.0. The van der Waals surface area contributed by atoms with Crippen LogP contribution in [0.15, 0.2) is 71.8 Å². The van der Waals surface area contributed by atoms with Gasteiger partial charge in [0.1, 0.15) is 11.6 Å². The lowest BCUT2D eigenvalue weighted by molar-refractivity contribution is -0.192. The van der Waals surface area contributed by atoms with Crippen molar-refractivity contribution in [1.29, 1.82) is 0 Å². The molecule has 0 aromatic heterocycles. The number of nitrogens with two attached hydrogens (primary N) is 2. The molecule has 0 bridgehead atoms. The lowest BCUT2D eigenvalue weighted by Crippen LogP contribution is -2.48. The molecule has 5 rings (SSSR count). The molecular weight excluding hydrogens is 860 g/mol. The van der Waals surface area contributed by atoms with E-state index in [4.69, 9.17) is 26.2 Å². The van der Waals surface area contributed by atoms with Crippen LogP contribution in [-0.4, -0.2) is 95.2 Å². The summed E-state index contributed by atoms with van der Waals surface area (Å²) < 4.78 is 37.1. The number of hydrazine groups is 1. The van der Waals surface area contributed by atoms with Gasteiger partial charge in [-0.05, 0) is 145 Å². The summed E-state index contributed by atoms with van der Waals surface area (Å²) in [5.74, 6) is 2.10. The fraction of sp³-hybridized carbons (Fsp3) is 0.489. The number of benzene rings is 3. The van der Waals surface area contributed by atoms with E-state index < -0.39 is 29.9 Å². The van der Waals surface area contributed by atoms with Gasteiger partial charge in [-0.25, -0.2) is 21.0 Å². The highest BCUT2D eigenvalue weighted by atomic mass is 19.4. The molecule has 1 saturated carbocycles. The SMILES string of the molecule is Cc1cc(C(=O)NC2CCN(C(C)C)CC2)ccc1-c1ccc(C[C@H](NC(=O)C2CCC(CNC(=O)OC(C)(C)C)CC2)C(=O)Nc2ccc(/C(N)=N/NN)cc2)cc1.O=C(O)C(F)(F)F. The molecule has 16 nitrogen and oxygen atoms in total. The number of carbonyl (C=O) groups is 5. The molecule has 2 aliphatic rings. The molecule has 3 aromatic rings. The average molecular weight is 924 g/mol. The standard InChI is InChI=1S/C45H63N9O5.C2HF3O2/c1-28(2)54-23-21-37(22-24-54)49-42(56)35-17-20-38(29(3)25-35)32-11-7-30(8-12-32)26-39(43(57)50-36-18-15-33(16-19-36)40(46)52-53-47)51-41(55)34-13-9-31(10-14-34)27-48-44(58)59-45(4,5)6;3-2(4,5)1(6)7/h7-8,11-12,15-20,25,28,31,34,37,39,53H,9-10,13-14,21-24,26-27,47H2,1-6H3,(H2,46,52)(H,48,58)(H,49,56)(H,50,57)(H,51,55);(H,6,7)/t31?,34?,39-;/m0./s1. The lowest BCUT2D eigenvalue weighted by Gasteiger charge is -2.34. The van der Waals surface area contributed by atoms with Crippen molar-refractivity contribution in [1.82, 2.24) is 26.4 Å². The van der Waals surface area contributed by atoms with E-state index in [9.17, 15) is 32.3 Å². The lowest BCUT2D eigenvalue weighted by atomic mass is 9.81. The van der Waals surface area contributed by atoms with Crippen LogP contribution in [0.25, 0.3) is 11.1 Å². The summed E-state index contributed by atoms with van der Waals surface area (Å²) in [6, 6.07) is 20.4. The molecule has 1 saturated heterocycles. The Morgan fingerprint density at radius 1 is 0.879 bits per heavy atom. The second-order valence-electron chi connectivity index (χ2n) is 18.0. The molecule has 2 fully saturated rings. The minimum atomic E-state index is -5.08. The van der Waals surface area contributed by atoms with Crippen molar-refractivity contribution in [2.45, 2.75) is 116 Å². The smallest absolute Gasteiger partial charge is 0.475 e. The highest BCUT2D eigenvalue weighted by molar-refractivity contribution is 6.00. The zero-order valence-electron chi connectivity index (χ0n) is 38.4. The molecule has 1 aliphatic heterocycles. The van der Waals surface area contributed by atoms with Gasteiger partial charge in [0, 0.05) is 60.9 Å². The maximum atomic E-state index is 13.9. The van der Waals surface area contributed by atoms with Crippen LogP contribution in [-0.2, 0) is 25.5 Å². The number of alkyl halides is 3. The molecule has 1 atom stereocenters. The Kier molecular flexibility index (Phi) is 18.9. The number of amidine groups is 1. The van der Waals surface area contributed by atoms with Crippen LogP contribution < -0.4 is 38.4 Å². The third-order valence-corrected chi connectivity index (χ3v) is 11.4. The number of likely N-dealkylation sites (tertiary alicyclic amines) is 1. The van der Waals surface area contributed by atoms with E-state index in [1.807, 2.05) is 70.2 Å². The monoisotopic (exact) mass is 923 g/mol. The molecule has 360 valence electrons. The fourth-order valence-electron chi connectivity index (χ4n) is 7.77. The van der Waals surface area contributed by atoms with Crippen molar-refractivity contribution < 1.29 is 47.0 Å². The number of ether oxygens (including phenoxy) is 1. The predicted octanol–water partition coefficient (Wildman–Crippen LogP) is 5.98. The number of hydrogen-bond donors (Lipinski definition) is 8. The Morgan fingerprint density at radius 2 is 1.47 bits per heavy atom. The minimum absolute atomic E-state index is 0.0505. The van der Waals surface area contributed by atoms with Gasteiger partial charge in [-0.2, -0.15) is 13.2 Å². The zero-order chi connectivity index (χ0) is 48.8. The maximum absolute atomic E-state index is 13.9. The van der Waals surface area contributed by atoms with Crippen molar-refractivity contribution >= 4 is 41.3 Å². The number of carbonyl (C=O) groups excluding carboxylic acids is 4. The number of carboxylic acid groups (broad SMARTS) is 1. The number of nitrogens with zero attached hydrogens (tertiary/aromatic N) is 2. The number of piperidine rings is 1. The molecule has 66 heavy (non-hydrogen) atoms. The second kappa shape index (κ2) is 23.8. The summed E-state index contributed by atoms with van der Waals surface area (Å²) in [4.78, 5) is 64.2. The Bertz CT molecular complexity index is 2150. The van der Waals surface area contributed by atoms with Crippen LogP contribution in [0.3, 0.4) is 0 Å². The first-order valence-corrected chi connectivity index (χ1v) is 22.0. The molecule has 1 aliphatic carbocycles. The molecule has 0 radical (unpaired) electrons. The summed E-state index contributed by atoms with van der Waals surface area (Å²) in [5.41, 5.74) is 13.2. The normalized spacial score (nSPS) is 17.7. The van der Waals surface area contributed by atoms with Gasteiger partial charge in [-0.15, -0.1) is 5.10 Å². The number of halogens is 3. The molecule has 3 aromatic carbocycles. The number of carboxylic acids is 1. The summed E-state index contributed by atoms with van der Waals surface area (Å²) in [7, 11) is 0. The molecule has 0 unspecified atom stereocenters. The van der Waals surface area contributed by atoms with Gasteiger partial charge in [-0.3, -0.25) is 14.4 Å². The number of anilines is 1. The summed E-state index contributed by atoms with van der Waals surface area (Å²) >= 11 is 0. The number of hydrazone groups is 1. The van der Waals surface area contributed by atoms with E-state index in [0.717, 1.165) is 61.0 Å². The number of alkyl carbamates (subject to hydrolysis) is 1. The van der Waals surface area contributed by atoms with E-state index in [-0.39, 0.29) is 47.9 Å². The predicted molar refractivity (Wildman–Crippen MR) is 246 cm³/mol. The molecular formula is C47H64F3N9O7. The van der Waals surface area contributed by atoms with Crippen molar-refractivity contribution in [3.8, 4) is 11.1 Å². The van der Waals surface area contributed by atoms with Crippen LogP contribution in [0.5, 0.6) is 0 Å². The summed E-state index contributed by atoms with van der Waals surface area (Å²) in [6.45, 7) is 14.4. The molecule has 4 amide bonds. The van der Waals surface area contributed by atoms with Crippen molar-refractivity contribution in [2.24, 2.45) is 28.5 Å². The molecule has 19 heteroatoms. The van der Waals surface area contributed by atoms with Crippen LogP contribution in [0.2, 0.25) is 0 Å². The van der Waals surface area contributed by atoms with Crippen molar-refractivity contribution in [3.63, 3.8) is 0 Å². The number of amides is 4. The molecule has 0 spiro atoms. The number of aliphatic carboxylic acids is 1.